The van der Waals surface area contributed by atoms with E-state index in [1.807, 2.05) is 0 Å². The summed E-state index contributed by atoms with van der Waals surface area (Å²) in [6, 6.07) is 4.66. The molecule has 5 nitrogen and oxygen atoms in total. The highest BCUT2D eigenvalue weighted by molar-refractivity contribution is 5.64. The zero-order valence-electron chi connectivity index (χ0n) is 8.40. The van der Waals surface area contributed by atoms with Crippen molar-refractivity contribution < 1.29 is 9.66 Å². The van der Waals surface area contributed by atoms with Gasteiger partial charge >= 0.3 is 0 Å². The fourth-order valence-electron chi connectivity index (χ4n) is 1.12. The summed E-state index contributed by atoms with van der Waals surface area (Å²) < 4.78 is 4.91. The van der Waals surface area contributed by atoms with E-state index in [2.05, 4.69) is 11.9 Å². The number of nitrogens with zero attached hydrogens (tertiary/aromatic N) is 1. The van der Waals surface area contributed by atoms with E-state index in [-0.39, 0.29) is 5.69 Å². The second-order valence-corrected chi connectivity index (χ2v) is 2.81. The Labute approximate surface area is 87.5 Å². The molecule has 0 bridgehead atoms. The van der Waals surface area contributed by atoms with Gasteiger partial charge in [0.15, 0.2) is 0 Å². The number of hydrogen-bond donors (Lipinski definition) is 1. The highest BCUT2D eigenvalue weighted by atomic mass is 16.6. The van der Waals surface area contributed by atoms with Crippen LogP contribution in [-0.2, 0) is 0 Å². The number of nitro groups is 1. The van der Waals surface area contributed by atoms with E-state index in [4.69, 9.17) is 4.74 Å². The zero-order chi connectivity index (χ0) is 11.3. The fourth-order valence-corrected chi connectivity index (χ4v) is 1.12. The standard InChI is InChI=1S/C10H12N2O3/c1-3-6-11-9-5-4-8(15-2)7-10(9)12(13)14/h3-5,7,11H,1,6H2,2H3. The topological polar surface area (TPSA) is 64.4 Å². The van der Waals surface area contributed by atoms with Gasteiger partial charge in [-0.1, -0.05) is 6.08 Å². The molecule has 0 amide bonds. The molecule has 0 aliphatic heterocycles. The molecule has 0 unspecified atom stereocenters. The van der Waals surface area contributed by atoms with E-state index in [1.54, 1.807) is 18.2 Å². The molecule has 1 N–H and O–H groups in total. The molecule has 0 saturated heterocycles. The first-order chi connectivity index (χ1) is 7.19. The molecule has 0 spiro atoms. The molecule has 0 aliphatic rings. The van der Waals surface area contributed by atoms with E-state index in [0.717, 1.165) is 0 Å². The molecular weight excluding hydrogens is 196 g/mol. The van der Waals surface area contributed by atoms with Crippen molar-refractivity contribution in [3.05, 3.63) is 41.0 Å². The van der Waals surface area contributed by atoms with Crippen LogP contribution >= 0.6 is 0 Å². The smallest absolute Gasteiger partial charge is 0.296 e. The van der Waals surface area contributed by atoms with Crippen LogP contribution in [0.5, 0.6) is 5.75 Å². The molecule has 1 aromatic carbocycles. The number of rotatable bonds is 5. The van der Waals surface area contributed by atoms with Crippen molar-refractivity contribution in [2.75, 3.05) is 19.0 Å². The average Bonchev–Trinajstić information content (AvgIpc) is 2.26. The molecule has 80 valence electrons. The Morgan fingerprint density at radius 2 is 2.40 bits per heavy atom. The van der Waals surface area contributed by atoms with Crippen LogP contribution in [0.1, 0.15) is 0 Å². The van der Waals surface area contributed by atoms with Crippen LogP contribution in [0.4, 0.5) is 11.4 Å². The van der Waals surface area contributed by atoms with Gasteiger partial charge < -0.3 is 10.1 Å². The summed E-state index contributed by atoms with van der Waals surface area (Å²) in [5.41, 5.74) is 0.455. The SMILES string of the molecule is C=CCNc1ccc(OC)cc1[N+](=O)[O-]. The Balaban J connectivity index is 3.03. The predicted octanol–water partition coefficient (Wildman–Crippen LogP) is 2.20. The first kappa shape index (κ1) is 11.0. The number of hydrogen-bond acceptors (Lipinski definition) is 4. The molecule has 0 aliphatic carbocycles. The highest BCUT2D eigenvalue weighted by Gasteiger charge is 2.13. The first-order valence-electron chi connectivity index (χ1n) is 4.36. The van der Waals surface area contributed by atoms with Crippen molar-refractivity contribution in [3.8, 4) is 5.75 Å². The number of anilines is 1. The van der Waals surface area contributed by atoms with Gasteiger partial charge in [-0.25, -0.2) is 0 Å². The van der Waals surface area contributed by atoms with Crippen molar-refractivity contribution in [3.63, 3.8) is 0 Å². The third kappa shape index (κ3) is 2.70. The van der Waals surface area contributed by atoms with Crippen LogP contribution in [0, 0.1) is 10.1 Å². The molecule has 1 aromatic rings. The summed E-state index contributed by atoms with van der Waals surface area (Å²) in [5.74, 6) is 0.464. The molecular formula is C10H12N2O3. The second kappa shape index (κ2) is 4.99. The lowest BCUT2D eigenvalue weighted by Gasteiger charge is -2.06. The Bertz CT molecular complexity index is 377. The number of ether oxygens (including phenoxy) is 1. The van der Waals surface area contributed by atoms with Crippen molar-refractivity contribution in [2.45, 2.75) is 0 Å². The van der Waals surface area contributed by atoms with E-state index in [1.165, 1.54) is 13.2 Å². The van der Waals surface area contributed by atoms with Crippen molar-refractivity contribution >= 4 is 11.4 Å². The van der Waals surface area contributed by atoms with Crippen molar-refractivity contribution in [2.24, 2.45) is 0 Å². The Morgan fingerprint density at radius 1 is 1.67 bits per heavy atom. The van der Waals surface area contributed by atoms with Gasteiger partial charge in [-0.3, -0.25) is 10.1 Å². The lowest BCUT2D eigenvalue weighted by molar-refractivity contribution is -0.384. The van der Waals surface area contributed by atoms with Crippen molar-refractivity contribution in [1.29, 1.82) is 0 Å². The summed E-state index contributed by atoms with van der Waals surface area (Å²) in [6.07, 6.45) is 1.63. The van der Waals surface area contributed by atoms with E-state index < -0.39 is 4.92 Å². The van der Waals surface area contributed by atoms with Crippen LogP contribution in [-0.4, -0.2) is 18.6 Å². The van der Waals surface area contributed by atoms with Gasteiger partial charge in [0.2, 0.25) is 0 Å². The monoisotopic (exact) mass is 208 g/mol. The lowest BCUT2D eigenvalue weighted by atomic mass is 10.2. The molecule has 15 heavy (non-hydrogen) atoms. The van der Waals surface area contributed by atoms with Gasteiger partial charge in [-0.15, -0.1) is 6.58 Å². The maximum atomic E-state index is 10.7. The highest BCUT2D eigenvalue weighted by Crippen LogP contribution is 2.28. The first-order valence-corrected chi connectivity index (χ1v) is 4.36. The zero-order valence-corrected chi connectivity index (χ0v) is 8.40. The summed E-state index contributed by atoms with van der Waals surface area (Å²) in [5, 5.41) is 13.6. The van der Waals surface area contributed by atoms with Crippen molar-refractivity contribution in [1.82, 2.24) is 0 Å². The lowest BCUT2D eigenvalue weighted by Crippen LogP contribution is -2.02. The van der Waals surface area contributed by atoms with Gasteiger partial charge in [0.1, 0.15) is 11.4 Å². The summed E-state index contributed by atoms with van der Waals surface area (Å²) in [7, 11) is 1.47. The Morgan fingerprint density at radius 3 is 2.93 bits per heavy atom. The number of benzene rings is 1. The normalized spacial score (nSPS) is 9.40. The largest absolute Gasteiger partial charge is 0.496 e. The van der Waals surface area contributed by atoms with Crippen LogP contribution in [0.2, 0.25) is 0 Å². The van der Waals surface area contributed by atoms with Gasteiger partial charge in [-0.2, -0.15) is 0 Å². The molecule has 0 heterocycles. The van der Waals surface area contributed by atoms with Crippen LogP contribution in [0.15, 0.2) is 30.9 Å². The number of nitrogens with one attached hydrogen (secondary N) is 1. The van der Waals surface area contributed by atoms with Gasteiger partial charge in [0.25, 0.3) is 5.69 Å². The average molecular weight is 208 g/mol. The predicted molar refractivity (Wildman–Crippen MR) is 58.3 cm³/mol. The Hall–Kier alpha value is -2.04. The third-order valence-corrected chi connectivity index (χ3v) is 1.84. The Kier molecular flexibility index (Phi) is 3.68. The van der Waals surface area contributed by atoms with Crippen LogP contribution in [0.25, 0.3) is 0 Å². The van der Waals surface area contributed by atoms with Gasteiger partial charge in [0, 0.05) is 6.54 Å². The molecule has 0 aromatic heterocycles. The summed E-state index contributed by atoms with van der Waals surface area (Å²) in [6.45, 7) is 4.01. The summed E-state index contributed by atoms with van der Waals surface area (Å²) in [4.78, 5) is 10.3. The minimum absolute atomic E-state index is 0.00352. The molecule has 0 fully saturated rings. The van der Waals surface area contributed by atoms with E-state index in [0.29, 0.717) is 18.0 Å². The van der Waals surface area contributed by atoms with Gasteiger partial charge in [0.05, 0.1) is 18.1 Å². The molecule has 0 atom stereocenters. The quantitative estimate of drug-likeness (QED) is 0.457. The van der Waals surface area contributed by atoms with Crippen LogP contribution in [0.3, 0.4) is 0 Å². The van der Waals surface area contributed by atoms with Crippen LogP contribution < -0.4 is 10.1 Å². The minimum atomic E-state index is -0.450. The number of methoxy groups -OCH3 is 1. The molecule has 5 heteroatoms. The maximum absolute atomic E-state index is 10.7. The molecule has 1 rings (SSSR count). The minimum Gasteiger partial charge on any atom is -0.496 e. The number of nitro benzene ring substituents is 1. The molecule has 0 radical (unpaired) electrons. The van der Waals surface area contributed by atoms with E-state index in [9.17, 15) is 10.1 Å². The maximum Gasteiger partial charge on any atom is 0.296 e. The summed E-state index contributed by atoms with van der Waals surface area (Å²) >= 11 is 0. The molecule has 0 saturated carbocycles. The van der Waals surface area contributed by atoms with E-state index >= 15 is 0 Å². The van der Waals surface area contributed by atoms with Gasteiger partial charge in [-0.05, 0) is 12.1 Å². The second-order valence-electron chi connectivity index (χ2n) is 2.81. The fraction of sp³-hybridized carbons (Fsp3) is 0.200. The third-order valence-electron chi connectivity index (χ3n) is 1.84.